The maximum absolute atomic E-state index is 13.9. The van der Waals surface area contributed by atoms with Crippen LogP contribution in [-0.4, -0.2) is 91.3 Å². The third kappa shape index (κ3) is 6.28. The number of carbonyl (C=O) groups excluding carboxylic acids is 2. The number of nitro benzene ring substituents is 1. The first kappa shape index (κ1) is 28.0. The average molecular weight is 563 g/mol. The van der Waals surface area contributed by atoms with Crippen LogP contribution in [0.2, 0.25) is 0 Å². The van der Waals surface area contributed by atoms with E-state index in [1.165, 1.54) is 12.1 Å². The van der Waals surface area contributed by atoms with Gasteiger partial charge in [0.15, 0.2) is 0 Å². The van der Waals surface area contributed by atoms with Crippen molar-refractivity contribution in [3.05, 3.63) is 70.3 Å². The molecule has 0 N–H and O–H groups in total. The molecule has 1 aromatic carbocycles. The molecule has 216 valence electrons. The van der Waals surface area contributed by atoms with Crippen molar-refractivity contribution in [2.45, 2.75) is 45.1 Å². The highest BCUT2D eigenvalue weighted by molar-refractivity contribution is 5.95. The minimum Gasteiger partial charge on any atom is -0.444 e. The molecule has 0 unspecified atom stereocenters. The fourth-order valence-corrected chi connectivity index (χ4v) is 5.23. The number of piperidine rings is 1. The molecule has 2 saturated heterocycles. The molecule has 0 aliphatic carbocycles. The average Bonchev–Trinajstić information content (AvgIpc) is 3.42. The second kappa shape index (κ2) is 11.5. The lowest BCUT2D eigenvalue weighted by molar-refractivity contribution is -0.384. The molecule has 0 atom stereocenters. The van der Waals surface area contributed by atoms with E-state index in [9.17, 15) is 19.7 Å². The second-order valence-corrected chi connectivity index (χ2v) is 11.2. The van der Waals surface area contributed by atoms with Crippen molar-refractivity contribution in [1.29, 1.82) is 0 Å². The van der Waals surface area contributed by atoms with Gasteiger partial charge in [-0.05, 0) is 51.8 Å². The van der Waals surface area contributed by atoms with E-state index >= 15 is 0 Å². The normalized spacial score (nSPS) is 16.5. The molecule has 4 heterocycles. The summed E-state index contributed by atoms with van der Waals surface area (Å²) >= 11 is 0. The van der Waals surface area contributed by atoms with E-state index < -0.39 is 10.5 Å². The Morgan fingerprint density at radius 2 is 1.59 bits per heavy atom. The molecule has 2 aliphatic rings. The number of likely N-dealkylation sites (tertiary alicyclic amines) is 1. The first-order chi connectivity index (χ1) is 19.6. The number of carbonyl (C=O) groups is 2. The summed E-state index contributed by atoms with van der Waals surface area (Å²) in [5, 5.41) is 15.8. The predicted molar refractivity (Wildman–Crippen MR) is 150 cm³/mol. The van der Waals surface area contributed by atoms with Gasteiger partial charge in [0.1, 0.15) is 5.60 Å². The summed E-state index contributed by atoms with van der Waals surface area (Å²) in [6.07, 6.45) is 5.89. The van der Waals surface area contributed by atoms with Gasteiger partial charge in [0.05, 0.1) is 28.1 Å². The van der Waals surface area contributed by atoms with Gasteiger partial charge in [-0.15, -0.1) is 0 Å². The number of amides is 2. The number of aromatic nitrogens is 4. The molecule has 0 bridgehead atoms. The lowest BCUT2D eigenvalue weighted by Crippen LogP contribution is -2.49. The molecule has 13 heteroatoms. The van der Waals surface area contributed by atoms with Crippen molar-refractivity contribution < 1.29 is 19.2 Å². The Kier molecular flexibility index (Phi) is 7.86. The Bertz CT molecular complexity index is 1390. The number of rotatable bonds is 5. The number of hydrogen-bond acceptors (Lipinski definition) is 9. The van der Waals surface area contributed by atoms with Crippen LogP contribution in [0.4, 0.5) is 16.4 Å². The van der Waals surface area contributed by atoms with Gasteiger partial charge < -0.3 is 19.4 Å². The van der Waals surface area contributed by atoms with Gasteiger partial charge in [-0.25, -0.2) is 19.4 Å². The quantitative estimate of drug-likeness (QED) is 0.337. The summed E-state index contributed by atoms with van der Waals surface area (Å²) in [5.74, 6) is 0.476. The van der Waals surface area contributed by atoms with Crippen molar-refractivity contribution >= 4 is 23.6 Å². The minimum absolute atomic E-state index is 0.0234. The molecular weight excluding hydrogens is 528 g/mol. The summed E-state index contributed by atoms with van der Waals surface area (Å²) in [6.45, 7) is 8.71. The smallest absolute Gasteiger partial charge is 0.410 e. The maximum Gasteiger partial charge on any atom is 0.410 e. The largest absolute Gasteiger partial charge is 0.444 e. The van der Waals surface area contributed by atoms with Crippen LogP contribution in [0.15, 0.2) is 48.9 Å². The molecule has 41 heavy (non-hydrogen) atoms. The van der Waals surface area contributed by atoms with E-state index in [0.717, 1.165) is 5.69 Å². The lowest BCUT2D eigenvalue weighted by atomic mass is 9.90. The summed E-state index contributed by atoms with van der Waals surface area (Å²) in [5.41, 5.74) is 1.28. The van der Waals surface area contributed by atoms with E-state index in [-0.39, 0.29) is 23.6 Å². The van der Waals surface area contributed by atoms with Gasteiger partial charge in [-0.1, -0.05) is 0 Å². The molecule has 0 saturated carbocycles. The van der Waals surface area contributed by atoms with Crippen molar-refractivity contribution in [2.75, 3.05) is 44.2 Å². The molecule has 5 rings (SSSR count). The van der Waals surface area contributed by atoms with Crippen LogP contribution in [0.3, 0.4) is 0 Å². The van der Waals surface area contributed by atoms with Crippen molar-refractivity contribution in [2.24, 2.45) is 0 Å². The standard InChI is InChI=1S/C28H34N8O5/c1-28(2,3)41-27(38)34-13-9-20(10-14-34)24-23(19-31-35(24)21-5-7-22(8-6-21)36(39)40)25(37)32-15-17-33(18-16-32)26-29-11-4-12-30-26/h4-8,11-12,19-20H,9-10,13-18H2,1-3H3. The third-order valence-electron chi connectivity index (χ3n) is 7.28. The van der Waals surface area contributed by atoms with Gasteiger partial charge >= 0.3 is 6.09 Å². The highest BCUT2D eigenvalue weighted by Gasteiger charge is 2.34. The van der Waals surface area contributed by atoms with Crippen LogP contribution in [0.25, 0.3) is 5.69 Å². The summed E-state index contributed by atoms with van der Waals surface area (Å²) in [6, 6.07) is 7.90. The molecule has 13 nitrogen and oxygen atoms in total. The number of anilines is 1. The van der Waals surface area contributed by atoms with E-state index in [1.54, 1.807) is 46.4 Å². The summed E-state index contributed by atoms with van der Waals surface area (Å²) in [7, 11) is 0. The zero-order valence-electron chi connectivity index (χ0n) is 23.5. The number of non-ortho nitro benzene ring substituents is 1. The number of benzene rings is 1. The Labute approximate surface area is 237 Å². The lowest BCUT2D eigenvalue weighted by Gasteiger charge is -2.36. The predicted octanol–water partition coefficient (Wildman–Crippen LogP) is 3.65. The molecule has 2 aromatic heterocycles. The van der Waals surface area contributed by atoms with Gasteiger partial charge in [-0.2, -0.15) is 5.10 Å². The van der Waals surface area contributed by atoms with Gasteiger partial charge in [0.2, 0.25) is 5.95 Å². The van der Waals surface area contributed by atoms with Crippen LogP contribution in [0, 0.1) is 10.1 Å². The zero-order valence-corrected chi connectivity index (χ0v) is 23.5. The van der Waals surface area contributed by atoms with E-state index in [0.29, 0.717) is 69.3 Å². The molecule has 2 amide bonds. The second-order valence-electron chi connectivity index (χ2n) is 11.2. The zero-order chi connectivity index (χ0) is 29.1. The highest BCUT2D eigenvalue weighted by Crippen LogP contribution is 2.34. The van der Waals surface area contributed by atoms with Gasteiger partial charge in [0, 0.05) is 69.7 Å². The Balaban J connectivity index is 1.38. The number of nitrogens with zero attached hydrogens (tertiary/aromatic N) is 8. The number of nitro groups is 1. The van der Waals surface area contributed by atoms with Crippen molar-refractivity contribution in [3.63, 3.8) is 0 Å². The highest BCUT2D eigenvalue weighted by atomic mass is 16.6. The fourth-order valence-electron chi connectivity index (χ4n) is 5.23. The van der Waals surface area contributed by atoms with E-state index in [4.69, 9.17) is 4.74 Å². The Morgan fingerprint density at radius 3 is 2.17 bits per heavy atom. The number of ether oxygens (including phenoxy) is 1. The van der Waals surface area contributed by atoms with Crippen LogP contribution < -0.4 is 4.90 Å². The van der Waals surface area contributed by atoms with Crippen LogP contribution in [0.5, 0.6) is 0 Å². The first-order valence-corrected chi connectivity index (χ1v) is 13.7. The van der Waals surface area contributed by atoms with E-state index in [2.05, 4.69) is 20.0 Å². The van der Waals surface area contributed by atoms with E-state index in [1.807, 2.05) is 25.7 Å². The first-order valence-electron chi connectivity index (χ1n) is 13.7. The number of hydrogen-bond donors (Lipinski definition) is 0. The topological polar surface area (TPSA) is 140 Å². The van der Waals surface area contributed by atoms with Crippen LogP contribution >= 0.6 is 0 Å². The molecule has 2 fully saturated rings. The van der Waals surface area contributed by atoms with Crippen molar-refractivity contribution in [1.82, 2.24) is 29.5 Å². The monoisotopic (exact) mass is 562 g/mol. The Morgan fingerprint density at radius 1 is 0.951 bits per heavy atom. The van der Waals surface area contributed by atoms with Crippen LogP contribution in [0.1, 0.15) is 55.6 Å². The SMILES string of the molecule is CC(C)(C)OC(=O)N1CCC(c2c(C(=O)N3CCN(c4ncccn4)CC3)cnn2-c2ccc([N+](=O)[O-])cc2)CC1. The Hall–Kier alpha value is -4.55. The molecule has 2 aliphatic heterocycles. The molecule has 0 spiro atoms. The summed E-state index contributed by atoms with van der Waals surface area (Å²) < 4.78 is 7.26. The third-order valence-corrected chi connectivity index (χ3v) is 7.28. The summed E-state index contributed by atoms with van der Waals surface area (Å²) in [4.78, 5) is 51.5. The van der Waals surface area contributed by atoms with Crippen LogP contribution in [-0.2, 0) is 4.74 Å². The molecular formula is C28H34N8O5. The molecule has 0 radical (unpaired) electrons. The van der Waals surface area contributed by atoms with Gasteiger partial charge in [0.25, 0.3) is 11.6 Å². The number of piperazine rings is 1. The molecule has 3 aromatic rings. The van der Waals surface area contributed by atoms with Gasteiger partial charge in [-0.3, -0.25) is 14.9 Å². The fraction of sp³-hybridized carbons (Fsp3) is 0.464. The maximum atomic E-state index is 13.9. The van der Waals surface area contributed by atoms with Crippen molar-refractivity contribution in [3.8, 4) is 5.69 Å². The minimum atomic E-state index is -0.585.